The van der Waals surface area contributed by atoms with Crippen molar-refractivity contribution in [3.8, 4) is 0 Å². The minimum Gasteiger partial charge on any atom is -0.354 e. The van der Waals surface area contributed by atoms with E-state index in [2.05, 4.69) is 20.3 Å². The predicted molar refractivity (Wildman–Crippen MR) is 68.5 cm³/mol. The lowest BCUT2D eigenvalue weighted by Gasteiger charge is -2.04. The third-order valence-electron chi connectivity index (χ3n) is 2.05. The lowest BCUT2D eigenvalue weighted by atomic mass is 10.3. The summed E-state index contributed by atoms with van der Waals surface area (Å²) < 4.78 is 0. The maximum absolute atomic E-state index is 5.76. The fraction of sp³-hybridized carbons (Fsp3) is 0.182. The molecule has 0 amide bonds. The molecule has 0 aliphatic heterocycles. The molecule has 0 radical (unpaired) electrons. The number of aromatic nitrogens is 3. The van der Waals surface area contributed by atoms with Crippen molar-refractivity contribution in [2.45, 2.75) is 6.42 Å². The van der Waals surface area contributed by atoms with Crippen LogP contribution in [0.3, 0.4) is 0 Å². The van der Waals surface area contributed by atoms with Crippen molar-refractivity contribution in [1.82, 2.24) is 15.0 Å². The van der Waals surface area contributed by atoms with E-state index in [1.165, 1.54) is 6.07 Å². The molecule has 88 valence electrons. The standard InChI is InChI=1S/C11H10Cl2N4/c12-9-7-10(13)17-11(16-9)15-6-4-8-3-1-2-5-14-8/h1-3,5,7H,4,6H2,(H,15,16,17). The van der Waals surface area contributed by atoms with Crippen LogP contribution in [0.2, 0.25) is 10.3 Å². The molecular weight excluding hydrogens is 259 g/mol. The van der Waals surface area contributed by atoms with E-state index in [0.29, 0.717) is 22.8 Å². The quantitative estimate of drug-likeness (QED) is 0.867. The number of halogens is 2. The number of nitrogens with one attached hydrogen (secondary N) is 1. The molecular formula is C11H10Cl2N4. The van der Waals surface area contributed by atoms with E-state index in [1.54, 1.807) is 6.20 Å². The Morgan fingerprint density at radius 3 is 2.53 bits per heavy atom. The summed E-state index contributed by atoms with van der Waals surface area (Å²) in [6.07, 6.45) is 2.55. The number of nitrogens with zero attached hydrogens (tertiary/aromatic N) is 3. The molecule has 2 heterocycles. The zero-order valence-corrected chi connectivity index (χ0v) is 10.4. The van der Waals surface area contributed by atoms with Crippen LogP contribution in [0, 0.1) is 0 Å². The van der Waals surface area contributed by atoms with Gasteiger partial charge in [-0.2, -0.15) is 0 Å². The van der Waals surface area contributed by atoms with Gasteiger partial charge < -0.3 is 5.32 Å². The predicted octanol–water partition coefficient (Wildman–Crippen LogP) is 2.83. The van der Waals surface area contributed by atoms with Crippen LogP contribution in [0.1, 0.15) is 5.69 Å². The molecule has 4 nitrogen and oxygen atoms in total. The van der Waals surface area contributed by atoms with Crippen LogP contribution in [-0.4, -0.2) is 21.5 Å². The van der Waals surface area contributed by atoms with Gasteiger partial charge in [0.25, 0.3) is 0 Å². The monoisotopic (exact) mass is 268 g/mol. The first-order valence-electron chi connectivity index (χ1n) is 5.08. The van der Waals surface area contributed by atoms with Gasteiger partial charge in [0.05, 0.1) is 0 Å². The van der Waals surface area contributed by atoms with Crippen molar-refractivity contribution in [3.05, 3.63) is 46.5 Å². The van der Waals surface area contributed by atoms with Crippen molar-refractivity contribution in [3.63, 3.8) is 0 Å². The highest BCUT2D eigenvalue weighted by Gasteiger charge is 2.01. The third-order valence-corrected chi connectivity index (χ3v) is 2.44. The second-order valence-corrected chi connectivity index (χ2v) is 4.11. The molecule has 1 N–H and O–H groups in total. The molecule has 0 saturated carbocycles. The summed E-state index contributed by atoms with van der Waals surface area (Å²) in [5.74, 6) is 0.429. The second kappa shape index (κ2) is 5.80. The van der Waals surface area contributed by atoms with E-state index < -0.39 is 0 Å². The Balaban J connectivity index is 1.90. The van der Waals surface area contributed by atoms with Gasteiger partial charge in [0.1, 0.15) is 10.3 Å². The Labute approximate surface area is 109 Å². The molecule has 0 aliphatic carbocycles. The Hall–Kier alpha value is -1.39. The highest BCUT2D eigenvalue weighted by atomic mass is 35.5. The first-order valence-corrected chi connectivity index (χ1v) is 5.83. The summed E-state index contributed by atoms with van der Waals surface area (Å²) in [7, 11) is 0. The molecule has 0 aliphatic rings. The summed E-state index contributed by atoms with van der Waals surface area (Å²) >= 11 is 11.5. The Morgan fingerprint density at radius 1 is 1.12 bits per heavy atom. The van der Waals surface area contributed by atoms with Crippen LogP contribution in [0.5, 0.6) is 0 Å². The molecule has 0 aromatic carbocycles. The minimum atomic E-state index is 0.324. The molecule has 2 rings (SSSR count). The molecule has 0 saturated heterocycles. The van der Waals surface area contributed by atoms with Gasteiger partial charge in [0, 0.05) is 30.9 Å². The van der Waals surface area contributed by atoms with Crippen LogP contribution in [0.4, 0.5) is 5.95 Å². The van der Waals surface area contributed by atoms with Crippen LogP contribution in [0.15, 0.2) is 30.5 Å². The third kappa shape index (κ3) is 3.84. The molecule has 0 atom stereocenters. The first-order chi connectivity index (χ1) is 8.24. The highest BCUT2D eigenvalue weighted by molar-refractivity contribution is 6.33. The van der Waals surface area contributed by atoms with Gasteiger partial charge in [-0.25, -0.2) is 9.97 Å². The zero-order chi connectivity index (χ0) is 12.1. The van der Waals surface area contributed by atoms with Gasteiger partial charge in [-0.3, -0.25) is 4.98 Å². The molecule has 0 bridgehead atoms. The van der Waals surface area contributed by atoms with E-state index in [0.717, 1.165) is 12.1 Å². The fourth-order valence-electron chi connectivity index (χ4n) is 1.32. The van der Waals surface area contributed by atoms with Crippen LogP contribution in [0.25, 0.3) is 0 Å². The maximum Gasteiger partial charge on any atom is 0.225 e. The second-order valence-electron chi connectivity index (χ2n) is 3.33. The van der Waals surface area contributed by atoms with E-state index in [9.17, 15) is 0 Å². The molecule has 0 spiro atoms. The normalized spacial score (nSPS) is 10.2. The molecule has 17 heavy (non-hydrogen) atoms. The summed E-state index contributed by atoms with van der Waals surface area (Å²) in [5, 5.41) is 3.69. The van der Waals surface area contributed by atoms with E-state index >= 15 is 0 Å². The van der Waals surface area contributed by atoms with Crippen LogP contribution < -0.4 is 5.32 Å². The lowest BCUT2D eigenvalue weighted by Crippen LogP contribution is -2.08. The van der Waals surface area contributed by atoms with Gasteiger partial charge in [0.2, 0.25) is 5.95 Å². The van der Waals surface area contributed by atoms with Crippen molar-refractivity contribution in [2.75, 3.05) is 11.9 Å². The zero-order valence-electron chi connectivity index (χ0n) is 8.90. The fourth-order valence-corrected chi connectivity index (χ4v) is 1.74. The summed E-state index contributed by atoms with van der Waals surface area (Å²) in [6, 6.07) is 7.30. The summed E-state index contributed by atoms with van der Waals surface area (Å²) in [5.41, 5.74) is 1.01. The van der Waals surface area contributed by atoms with Crippen LogP contribution >= 0.6 is 23.2 Å². The average Bonchev–Trinajstić information content (AvgIpc) is 2.29. The number of anilines is 1. The van der Waals surface area contributed by atoms with E-state index in [-0.39, 0.29) is 0 Å². The largest absolute Gasteiger partial charge is 0.354 e. The van der Waals surface area contributed by atoms with Gasteiger partial charge in [-0.1, -0.05) is 29.3 Å². The molecule has 2 aromatic rings. The average molecular weight is 269 g/mol. The number of rotatable bonds is 4. The SMILES string of the molecule is Clc1cc(Cl)nc(NCCc2ccccn2)n1. The topological polar surface area (TPSA) is 50.7 Å². The van der Waals surface area contributed by atoms with Crippen molar-refractivity contribution < 1.29 is 0 Å². The molecule has 0 fully saturated rings. The number of pyridine rings is 1. The summed E-state index contributed by atoms with van der Waals surface area (Å²) in [6.45, 7) is 0.674. The maximum atomic E-state index is 5.76. The minimum absolute atomic E-state index is 0.324. The molecule has 0 unspecified atom stereocenters. The van der Waals surface area contributed by atoms with Crippen molar-refractivity contribution in [2.24, 2.45) is 0 Å². The van der Waals surface area contributed by atoms with E-state index in [1.807, 2.05) is 18.2 Å². The number of hydrogen-bond donors (Lipinski definition) is 1. The van der Waals surface area contributed by atoms with Crippen molar-refractivity contribution in [1.29, 1.82) is 0 Å². The van der Waals surface area contributed by atoms with Gasteiger partial charge >= 0.3 is 0 Å². The van der Waals surface area contributed by atoms with Gasteiger partial charge in [-0.05, 0) is 12.1 Å². The Kier molecular flexibility index (Phi) is 4.12. The van der Waals surface area contributed by atoms with Gasteiger partial charge in [-0.15, -0.1) is 0 Å². The number of hydrogen-bond acceptors (Lipinski definition) is 4. The lowest BCUT2D eigenvalue weighted by molar-refractivity contribution is 0.941. The Bertz CT molecular complexity index is 470. The highest BCUT2D eigenvalue weighted by Crippen LogP contribution is 2.13. The van der Waals surface area contributed by atoms with Crippen LogP contribution in [-0.2, 0) is 6.42 Å². The first kappa shape index (κ1) is 12.1. The van der Waals surface area contributed by atoms with Gasteiger partial charge in [0.15, 0.2) is 0 Å². The summed E-state index contributed by atoms with van der Waals surface area (Å²) in [4.78, 5) is 12.2. The van der Waals surface area contributed by atoms with E-state index in [4.69, 9.17) is 23.2 Å². The van der Waals surface area contributed by atoms with Crippen molar-refractivity contribution >= 4 is 29.2 Å². The smallest absolute Gasteiger partial charge is 0.225 e. The molecule has 6 heteroatoms. The molecule has 2 aromatic heterocycles. The Morgan fingerprint density at radius 2 is 1.88 bits per heavy atom.